The number of hydrogen-bond donors (Lipinski definition) is 0. The predicted molar refractivity (Wildman–Crippen MR) is 67.9 cm³/mol. The first-order valence-electron chi connectivity index (χ1n) is 4.90. The molecular weight excluding hydrogens is 259 g/mol. The standard InChI is InChI=1S/C13H8Cl2O2/c14-10-7-4-8-11(12(10)15)17-13(16)9-5-2-1-3-6-9/h1-8H. The van der Waals surface area contributed by atoms with Gasteiger partial charge in [0.15, 0.2) is 5.75 Å². The van der Waals surface area contributed by atoms with E-state index < -0.39 is 5.97 Å². The van der Waals surface area contributed by atoms with E-state index in [0.717, 1.165) is 0 Å². The fourth-order valence-electron chi connectivity index (χ4n) is 1.30. The van der Waals surface area contributed by atoms with Crippen molar-refractivity contribution in [2.45, 2.75) is 0 Å². The molecule has 0 spiro atoms. The molecule has 0 N–H and O–H groups in total. The van der Waals surface area contributed by atoms with Crippen LogP contribution in [-0.4, -0.2) is 5.97 Å². The SMILES string of the molecule is O=C(Oc1cccc(Cl)c1Cl)c1ccccc1. The second kappa shape index (κ2) is 5.21. The van der Waals surface area contributed by atoms with Crippen LogP contribution in [0.1, 0.15) is 10.4 Å². The molecule has 0 aromatic heterocycles. The molecule has 86 valence electrons. The maximum absolute atomic E-state index is 11.8. The van der Waals surface area contributed by atoms with Crippen molar-refractivity contribution in [3.05, 3.63) is 64.1 Å². The zero-order valence-corrected chi connectivity index (χ0v) is 10.2. The fourth-order valence-corrected chi connectivity index (χ4v) is 1.63. The molecule has 0 saturated carbocycles. The van der Waals surface area contributed by atoms with E-state index in [1.54, 1.807) is 42.5 Å². The molecule has 0 fully saturated rings. The zero-order valence-electron chi connectivity index (χ0n) is 8.69. The van der Waals surface area contributed by atoms with Crippen LogP contribution in [0.15, 0.2) is 48.5 Å². The molecule has 2 aromatic carbocycles. The second-order valence-corrected chi connectivity index (χ2v) is 4.09. The topological polar surface area (TPSA) is 26.3 Å². The van der Waals surface area contributed by atoms with Crippen LogP contribution in [0, 0.1) is 0 Å². The zero-order chi connectivity index (χ0) is 12.3. The normalized spacial score (nSPS) is 10.0. The van der Waals surface area contributed by atoms with Crippen molar-refractivity contribution in [2.24, 2.45) is 0 Å². The Morgan fingerprint density at radius 2 is 1.65 bits per heavy atom. The molecule has 0 radical (unpaired) electrons. The minimum Gasteiger partial charge on any atom is -0.421 e. The summed E-state index contributed by atoms with van der Waals surface area (Å²) < 4.78 is 5.16. The lowest BCUT2D eigenvalue weighted by Gasteiger charge is -2.06. The molecule has 0 heterocycles. The van der Waals surface area contributed by atoms with Gasteiger partial charge in [0, 0.05) is 0 Å². The van der Waals surface area contributed by atoms with E-state index in [9.17, 15) is 4.79 Å². The molecule has 0 amide bonds. The van der Waals surface area contributed by atoms with Gasteiger partial charge < -0.3 is 4.74 Å². The van der Waals surface area contributed by atoms with Crippen molar-refractivity contribution >= 4 is 29.2 Å². The Bertz CT molecular complexity index is 538. The van der Waals surface area contributed by atoms with Crippen molar-refractivity contribution in [3.63, 3.8) is 0 Å². The quantitative estimate of drug-likeness (QED) is 0.601. The van der Waals surface area contributed by atoms with E-state index in [-0.39, 0.29) is 10.8 Å². The molecule has 0 aliphatic rings. The number of ether oxygens (including phenoxy) is 1. The summed E-state index contributed by atoms with van der Waals surface area (Å²) in [4.78, 5) is 11.8. The molecule has 0 bridgehead atoms. The monoisotopic (exact) mass is 266 g/mol. The lowest BCUT2D eigenvalue weighted by Crippen LogP contribution is -2.08. The third-order valence-corrected chi connectivity index (χ3v) is 2.93. The minimum absolute atomic E-state index is 0.235. The first-order valence-corrected chi connectivity index (χ1v) is 5.65. The Balaban J connectivity index is 2.22. The van der Waals surface area contributed by atoms with Crippen molar-refractivity contribution in [1.29, 1.82) is 0 Å². The van der Waals surface area contributed by atoms with Crippen LogP contribution in [0.5, 0.6) is 5.75 Å². The molecule has 17 heavy (non-hydrogen) atoms. The van der Waals surface area contributed by atoms with E-state index in [2.05, 4.69) is 0 Å². The van der Waals surface area contributed by atoms with Crippen molar-refractivity contribution in [2.75, 3.05) is 0 Å². The Morgan fingerprint density at radius 3 is 2.35 bits per heavy atom. The summed E-state index contributed by atoms with van der Waals surface area (Å²) >= 11 is 11.7. The molecular formula is C13H8Cl2O2. The summed E-state index contributed by atoms with van der Waals surface area (Å²) in [6, 6.07) is 13.6. The predicted octanol–water partition coefficient (Wildman–Crippen LogP) is 4.21. The van der Waals surface area contributed by atoms with Crippen LogP contribution in [0.4, 0.5) is 0 Å². The number of carbonyl (C=O) groups is 1. The van der Waals surface area contributed by atoms with Crippen LogP contribution in [0.2, 0.25) is 10.0 Å². The third-order valence-electron chi connectivity index (χ3n) is 2.13. The summed E-state index contributed by atoms with van der Waals surface area (Å²) in [6.45, 7) is 0. The summed E-state index contributed by atoms with van der Waals surface area (Å²) in [6.07, 6.45) is 0. The Kier molecular flexibility index (Phi) is 3.67. The third kappa shape index (κ3) is 2.78. The Morgan fingerprint density at radius 1 is 0.941 bits per heavy atom. The first-order chi connectivity index (χ1) is 8.18. The van der Waals surface area contributed by atoms with Crippen molar-refractivity contribution < 1.29 is 9.53 Å². The van der Waals surface area contributed by atoms with E-state index in [1.807, 2.05) is 6.07 Å². The van der Waals surface area contributed by atoms with Gasteiger partial charge >= 0.3 is 5.97 Å². The van der Waals surface area contributed by atoms with E-state index >= 15 is 0 Å². The maximum atomic E-state index is 11.8. The van der Waals surface area contributed by atoms with Gasteiger partial charge in [-0.3, -0.25) is 0 Å². The highest BCUT2D eigenvalue weighted by Gasteiger charge is 2.11. The molecule has 0 atom stereocenters. The molecule has 0 unspecified atom stereocenters. The minimum atomic E-state index is -0.463. The highest BCUT2D eigenvalue weighted by molar-refractivity contribution is 6.43. The Labute approximate surface area is 109 Å². The van der Waals surface area contributed by atoms with Crippen LogP contribution in [0.3, 0.4) is 0 Å². The number of esters is 1. The molecule has 2 rings (SSSR count). The van der Waals surface area contributed by atoms with Crippen molar-refractivity contribution in [1.82, 2.24) is 0 Å². The lowest BCUT2D eigenvalue weighted by atomic mass is 10.2. The van der Waals surface area contributed by atoms with Gasteiger partial charge in [0.1, 0.15) is 5.02 Å². The van der Waals surface area contributed by atoms with Gasteiger partial charge in [-0.25, -0.2) is 4.79 Å². The number of halogens is 2. The summed E-state index contributed by atoms with van der Waals surface area (Å²) in [7, 11) is 0. The molecule has 2 aromatic rings. The van der Waals surface area contributed by atoms with Gasteiger partial charge in [-0.1, -0.05) is 47.5 Å². The van der Waals surface area contributed by atoms with Gasteiger partial charge in [0.2, 0.25) is 0 Å². The summed E-state index contributed by atoms with van der Waals surface area (Å²) in [5.41, 5.74) is 0.462. The largest absolute Gasteiger partial charge is 0.421 e. The van der Waals surface area contributed by atoms with Gasteiger partial charge in [-0.2, -0.15) is 0 Å². The molecule has 0 aliphatic carbocycles. The smallest absolute Gasteiger partial charge is 0.343 e. The lowest BCUT2D eigenvalue weighted by molar-refractivity contribution is 0.0735. The maximum Gasteiger partial charge on any atom is 0.343 e. The van der Waals surface area contributed by atoms with Gasteiger partial charge in [0.05, 0.1) is 10.6 Å². The number of benzene rings is 2. The number of carbonyl (C=O) groups excluding carboxylic acids is 1. The molecule has 4 heteroatoms. The van der Waals surface area contributed by atoms with Gasteiger partial charge in [-0.05, 0) is 24.3 Å². The highest BCUT2D eigenvalue weighted by atomic mass is 35.5. The van der Waals surface area contributed by atoms with Crippen LogP contribution in [-0.2, 0) is 0 Å². The number of rotatable bonds is 2. The van der Waals surface area contributed by atoms with E-state index in [4.69, 9.17) is 27.9 Å². The van der Waals surface area contributed by atoms with Crippen LogP contribution in [0.25, 0.3) is 0 Å². The van der Waals surface area contributed by atoms with Crippen molar-refractivity contribution in [3.8, 4) is 5.75 Å². The summed E-state index contributed by atoms with van der Waals surface area (Å²) in [5.74, 6) is -0.206. The second-order valence-electron chi connectivity index (χ2n) is 3.31. The van der Waals surface area contributed by atoms with E-state index in [0.29, 0.717) is 10.6 Å². The average Bonchev–Trinajstić information content (AvgIpc) is 2.36. The van der Waals surface area contributed by atoms with Crippen LogP contribution >= 0.6 is 23.2 Å². The van der Waals surface area contributed by atoms with Crippen LogP contribution < -0.4 is 4.74 Å². The fraction of sp³-hybridized carbons (Fsp3) is 0. The highest BCUT2D eigenvalue weighted by Crippen LogP contribution is 2.31. The molecule has 2 nitrogen and oxygen atoms in total. The molecule has 0 aliphatic heterocycles. The molecule has 0 saturated heterocycles. The Hall–Kier alpha value is -1.51. The van der Waals surface area contributed by atoms with Gasteiger partial charge in [0.25, 0.3) is 0 Å². The van der Waals surface area contributed by atoms with E-state index in [1.165, 1.54) is 0 Å². The first kappa shape index (κ1) is 12.0. The number of hydrogen-bond acceptors (Lipinski definition) is 2. The average molecular weight is 267 g/mol. The van der Waals surface area contributed by atoms with Gasteiger partial charge in [-0.15, -0.1) is 0 Å². The summed E-state index contributed by atoms with van der Waals surface area (Å²) in [5, 5.41) is 0.587.